The van der Waals surface area contributed by atoms with E-state index < -0.39 is 29.3 Å². The summed E-state index contributed by atoms with van der Waals surface area (Å²) in [4.78, 5) is 37.1. The highest BCUT2D eigenvalue weighted by molar-refractivity contribution is 5.94. The molecule has 0 aliphatic heterocycles. The van der Waals surface area contributed by atoms with Crippen molar-refractivity contribution in [3.8, 4) is 22.6 Å². The monoisotopic (exact) mass is 467 g/mol. The van der Waals surface area contributed by atoms with E-state index in [0.29, 0.717) is 29.5 Å². The van der Waals surface area contributed by atoms with Crippen molar-refractivity contribution in [1.29, 1.82) is 0 Å². The largest absolute Gasteiger partial charge is 0.497 e. The van der Waals surface area contributed by atoms with Crippen LogP contribution in [0.4, 0.5) is 4.79 Å². The molecule has 1 N–H and O–H groups in total. The zero-order valence-corrected chi connectivity index (χ0v) is 20.0. The molecule has 0 bridgehead atoms. The van der Waals surface area contributed by atoms with Crippen LogP contribution in [0.2, 0.25) is 0 Å². The van der Waals surface area contributed by atoms with Gasteiger partial charge in [-0.05, 0) is 62.6 Å². The van der Waals surface area contributed by atoms with E-state index in [4.69, 9.17) is 18.6 Å². The number of benzene rings is 2. The molecule has 1 heterocycles. The van der Waals surface area contributed by atoms with Gasteiger partial charge in [-0.25, -0.2) is 14.4 Å². The van der Waals surface area contributed by atoms with Gasteiger partial charge < -0.3 is 23.9 Å². The van der Waals surface area contributed by atoms with Gasteiger partial charge >= 0.3 is 17.7 Å². The summed E-state index contributed by atoms with van der Waals surface area (Å²) in [7, 11) is 1.58. The highest BCUT2D eigenvalue weighted by Crippen LogP contribution is 2.31. The quantitative estimate of drug-likeness (QED) is 0.294. The Morgan fingerprint density at radius 2 is 1.71 bits per heavy atom. The highest BCUT2D eigenvalue weighted by atomic mass is 16.6. The molecule has 0 saturated heterocycles. The Labute approximate surface area is 197 Å². The number of rotatable bonds is 7. The number of hydrogen-bond donors (Lipinski definition) is 1. The molecule has 8 heteroatoms. The van der Waals surface area contributed by atoms with E-state index in [2.05, 4.69) is 5.32 Å². The molecule has 2 aromatic carbocycles. The molecule has 0 aliphatic rings. The molecule has 1 amide bonds. The van der Waals surface area contributed by atoms with E-state index in [0.717, 1.165) is 5.56 Å². The number of alkyl carbamates (subject to hydrolysis) is 1. The minimum absolute atomic E-state index is 0.194. The molecule has 0 aliphatic carbocycles. The molecule has 3 aromatic rings. The number of ether oxygens (including phenoxy) is 3. The van der Waals surface area contributed by atoms with Gasteiger partial charge in [0, 0.05) is 17.5 Å². The van der Waals surface area contributed by atoms with E-state index in [1.54, 1.807) is 52.1 Å². The van der Waals surface area contributed by atoms with Crippen LogP contribution in [-0.4, -0.2) is 30.8 Å². The van der Waals surface area contributed by atoms with Crippen LogP contribution in [0.15, 0.2) is 57.7 Å². The summed E-state index contributed by atoms with van der Waals surface area (Å²) in [5.41, 5.74) is 0.547. The zero-order valence-electron chi connectivity index (χ0n) is 20.0. The van der Waals surface area contributed by atoms with Crippen molar-refractivity contribution in [2.75, 3.05) is 7.11 Å². The first-order valence-electron chi connectivity index (χ1n) is 11.0. The Hall–Kier alpha value is -3.81. The molecule has 3 rings (SSSR count). The van der Waals surface area contributed by atoms with Crippen molar-refractivity contribution in [2.24, 2.45) is 0 Å². The average Bonchev–Trinajstić information content (AvgIpc) is 2.76. The van der Waals surface area contributed by atoms with Crippen LogP contribution in [-0.2, 0) is 9.53 Å². The standard InChI is InChI=1S/C26H29NO7/c1-6-7-21(27-25(30)34-26(2,3)4)24(29)32-18-12-13-19-20(15-23(28)33-22(19)14-18)16-8-10-17(31-5)11-9-16/h8-15,21H,6-7H2,1-5H3,(H,27,30). The summed E-state index contributed by atoms with van der Waals surface area (Å²) in [5, 5.41) is 3.24. The van der Waals surface area contributed by atoms with Crippen molar-refractivity contribution in [3.63, 3.8) is 0 Å². The van der Waals surface area contributed by atoms with Gasteiger partial charge in [-0.1, -0.05) is 25.5 Å². The van der Waals surface area contributed by atoms with Gasteiger partial charge in [-0.2, -0.15) is 0 Å². The van der Waals surface area contributed by atoms with Gasteiger partial charge in [0.05, 0.1) is 7.11 Å². The van der Waals surface area contributed by atoms with Crippen LogP contribution in [0.25, 0.3) is 22.1 Å². The SMILES string of the molecule is CCCC(NC(=O)OC(C)(C)C)C(=O)Oc1ccc2c(-c3ccc(OC)cc3)cc(=O)oc2c1. The summed E-state index contributed by atoms with van der Waals surface area (Å²) in [6, 6.07) is 12.6. The van der Waals surface area contributed by atoms with Gasteiger partial charge in [0.25, 0.3) is 0 Å². The summed E-state index contributed by atoms with van der Waals surface area (Å²) >= 11 is 0. The lowest BCUT2D eigenvalue weighted by atomic mass is 10.0. The Morgan fingerprint density at radius 1 is 1.03 bits per heavy atom. The Morgan fingerprint density at radius 3 is 2.32 bits per heavy atom. The molecule has 8 nitrogen and oxygen atoms in total. The van der Waals surface area contributed by atoms with E-state index in [9.17, 15) is 14.4 Å². The number of hydrogen-bond acceptors (Lipinski definition) is 7. The lowest BCUT2D eigenvalue weighted by Gasteiger charge is -2.22. The summed E-state index contributed by atoms with van der Waals surface area (Å²) in [6.45, 7) is 7.11. The van der Waals surface area contributed by atoms with Gasteiger partial charge in [-0.3, -0.25) is 0 Å². The van der Waals surface area contributed by atoms with Crippen LogP contribution in [0.3, 0.4) is 0 Å². The number of fused-ring (bicyclic) bond motifs is 1. The minimum atomic E-state index is -0.881. The molecule has 0 saturated carbocycles. The van der Waals surface area contributed by atoms with E-state index in [1.165, 1.54) is 12.1 Å². The highest BCUT2D eigenvalue weighted by Gasteiger charge is 2.25. The molecule has 1 unspecified atom stereocenters. The maximum absolute atomic E-state index is 12.8. The fourth-order valence-electron chi connectivity index (χ4n) is 3.39. The van der Waals surface area contributed by atoms with Crippen molar-refractivity contribution in [3.05, 3.63) is 59.0 Å². The van der Waals surface area contributed by atoms with E-state index in [1.807, 2.05) is 19.1 Å². The first-order chi connectivity index (χ1) is 16.1. The maximum atomic E-state index is 12.8. The topological polar surface area (TPSA) is 104 Å². The third-order valence-electron chi connectivity index (χ3n) is 4.89. The lowest BCUT2D eigenvalue weighted by molar-refractivity contribution is -0.137. The van der Waals surface area contributed by atoms with Gasteiger partial charge in [0.2, 0.25) is 0 Å². The molecule has 0 fully saturated rings. The molecule has 0 radical (unpaired) electrons. The van der Waals surface area contributed by atoms with E-state index in [-0.39, 0.29) is 11.3 Å². The summed E-state index contributed by atoms with van der Waals surface area (Å²) < 4.78 is 21.3. The maximum Gasteiger partial charge on any atom is 0.408 e. The number of carbonyl (C=O) groups excluding carboxylic acids is 2. The second kappa shape index (κ2) is 10.4. The van der Waals surface area contributed by atoms with Gasteiger partial charge in [0.15, 0.2) is 0 Å². The lowest BCUT2D eigenvalue weighted by Crippen LogP contribution is -2.45. The fraction of sp³-hybridized carbons (Fsp3) is 0.346. The number of nitrogens with one attached hydrogen (secondary N) is 1. The molecule has 180 valence electrons. The van der Waals surface area contributed by atoms with Crippen LogP contribution in [0.5, 0.6) is 11.5 Å². The molecule has 1 atom stereocenters. The predicted octanol–water partition coefficient (Wildman–Crippen LogP) is 5.07. The minimum Gasteiger partial charge on any atom is -0.497 e. The molecule has 1 aromatic heterocycles. The molecular weight excluding hydrogens is 438 g/mol. The average molecular weight is 468 g/mol. The first-order valence-corrected chi connectivity index (χ1v) is 11.0. The second-order valence-electron chi connectivity index (χ2n) is 8.77. The fourth-order valence-corrected chi connectivity index (χ4v) is 3.39. The molecule has 34 heavy (non-hydrogen) atoms. The summed E-state index contributed by atoms with van der Waals surface area (Å²) in [6.07, 6.45) is 0.326. The van der Waals surface area contributed by atoms with Crippen molar-refractivity contribution < 1.29 is 28.2 Å². The molecule has 0 spiro atoms. The van der Waals surface area contributed by atoms with E-state index >= 15 is 0 Å². The second-order valence-corrected chi connectivity index (χ2v) is 8.77. The zero-order chi connectivity index (χ0) is 24.9. The Kier molecular flexibility index (Phi) is 7.61. The first kappa shape index (κ1) is 24.8. The predicted molar refractivity (Wildman–Crippen MR) is 128 cm³/mol. The smallest absolute Gasteiger partial charge is 0.408 e. The Balaban J connectivity index is 1.85. The van der Waals surface area contributed by atoms with Crippen LogP contribution in [0, 0.1) is 0 Å². The van der Waals surface area contributed by atoms with Crippen molar-refractivity contribution in [2.45, 2.75) is 52.2 Å². The molecular formula is C26H29NO7. The summed E-state index contributed by atoms with van der Waals surface area (Å²) in [5.74, 6) is 0.257. The normalized spacial score (nSPS) is 12.1. The van der Waals surface area contributed by atoms with Gasteiger partial charge in [0.1, 0.15) is 28.7 Å². The number of methoxy groups -OCH3 is 1. The number of amides is 1. The van der Waals surface area contributed by atoms with Crippen LogP contribution < -0.4 is 20.4 Å². The van der Waals surface area contributed by atoms with Crippen LogP contribution >= 0.6 is 0 Å². The number of esters is 1. The van der Waals surface area contributed by atoms with Gasteiger partial charge in [-0.15, -0.1) is 0 Å². The third-order valence-corrected chi connectivity index (χ3v) is 4.89. The van der Waals surface area contributed by atoms with Crippen molar-refractivity contribution in [1.82, 2.24) is 5.32 Å². The number of carbonyl (C=O) groups is 2. The van der Waals surface area contributed by atoms with Crippen LogP contribution in [0.1, 0.15) is 40.5 Å². The Bertz CT molecular complexity index is 1220. The van der Waals surface area contributed by atoms with Crippen molar-refractivity contribution >= 4 is 23.0 Å². The third kappa shape index (κ3) is 6.37.